The first kappa shape index (κ1) is 56.1. The van der Waals surface area contributed by atoms with E-state index in [9.17, 15) is 8.42 Å². The maximum absolute atomic E-state index is 13.9. The van der Waals surface area contributed by atoms with Crippen molar-refractivity contribution in [3.05, 3.63) is 257 Å². The Balaban J connectivity index is 1.00. The predicted octanol–water partition coefficient (Wildman–Crippen LogP) is 10.3. The monoisotopic (exact) mass is 1100 g/mol. The third-order valence-corrected chi connectivity index (χ3v) is 15.4. The van der Waals surface area contributed by atoms with Gasteiger partial charge in [-0.25, -0.2) is 4.68 Å². The highest BCUT2D eigenvalue weighted by Gasteiger charge is 2.51. The molecule has 2 aliphatic rings. The van der Waals surface area contributed by atoms with Gasteiger partial charge in [-0.15, -0.1) is 11.5 Å². The van der Waals surface area contributed by atoms with Crippen LogP contribution >= 0.6 is 0 Å². The van der Waals surface area contributed by atoms with Gasteiger partial charge in [0.25, 0.3) is 10.1 Å². The fourth-order valence-electron chi connectivity index (χ4n) is 9.88. The van der Waals surface area contributed by atoms with Crippen molar-refractivity contribution in [2.45, 2.75) is 119 Å². The van der Waals surface area contributed by atoms with Crippen LogP contribution in [0.25, 0.3) is 0 Å². The number of hydrogen-bond acceptors (Lipinski definition) is 13. The summed E-state index contributed by atoms with van der Waals surface area (Å²) in [5, 5.41) is 9.47. The fraction of sp³-hybridized carbons (Fsp3) is 0.292. The lowest BCUT2D eigenvalue weighted by molar-refractivity contribution is -0.271. The maximum atomic E-state index is 13.9. The zero-order valence-electron chi connectivity index (χ0n) is 44.5. The molecule has 0 saturated carbocycles. The van der Waals surface area contributed by atoms with Crippen LogP contribution in [0.1, 0.15) is 50.7 Å². The van der Waals surface area contributed by atoms with E-state index in [1.54, 1.807) is 23.0 Å². The van der Waals surface area contributed by atoms with E-state index >= 15 is 0 Å². The van der Waals surface area contributed by atoms with Crippen LogP contribution in [0, 0.1) is 19.3 Å². The summed E-state index contributed by atoms with van der Waals surface area (Å²) in [4.78, 5) is 0.00551. The zero-order chi connectivity index (χ0) is 54.9. The van der Waals surface area contributed by atoms with Gasteiger partial charge in [0.2, 0.25) is 0 Å². The van der Waals surface area contributed by atoms with Crippen molar-refractivity contribution in [3.63, 3.8) is 0 Å². The molecule has 10 atom stereocenters. The number of rotatable bonds is 25. The van der Waals surface area contributed by atoms with E-state index < -0.39 is 77.8 Å². The minimum Gasteiger partial charge on any atom is -0.368 e. The van der Waals surface area contributed by atoms with Gasteiger partial charge in [0.05, 0.1) is 63.9 Å². The molecule has 412 valence electrons. The van der Waals surface area contributed by atoms with E-state index in [1.165, 1.54) is 12.1 Å². The molecule has 3 heterocycles. The van der Waals surface area contributed by atoms with E-state index in [0.29, 0.717) is 5.69 Å². The molecule has 10 rings (SSSR count). The zero-order valence-corrected chi connectivity index (χ0v) is 45.3. The molecular formula is C65H65N3O11S. The highest BCUT2D eigenvalue weighted by molar-refractivity contribution is 7.86. The molecule has 14 nitrogen and oxygen atoms in total. The second kappa shape index (κ2) is 27.8. The van der Waals surface area contributed by atoms with Crippen LogP contribution in [0.2, 0.25) is 0 Å². The second-order valence-electron chi connectivity index (χ2n) is 19.8. The van der Waals surface area contributed by atoms with Crippen molar-refractivity contribution >= 4 is 10.1 Å². The van der Waals surface area contributed by atoms with E-state index in [2.05, 4.69) is 5.92 Å². The van der Waals surface area contributed by atoms with E-state index in [4.69, 9.17) is 58.8 Å². The number of terminal acetylenes is 1. The molecule has 0 bridgehead atoms. The summed E-state index contributed by atoms with van der Waals surface area (Å²) in [6.07, 6.45) is -0.422. The van der Waals surface area contributed by atoms with Crippen molar-refractivity contribution in [3.8, 4) is 12.3 Å². The largest absolute Gasteiger partial charge is 0.368 e. The van der Waals surface area contributed by atoms with Crippen molar-refractivity contribution < 1.29 is 50.5 Å². The summed E-state index contributed by atoms with van der Waals surface area (Å²) in [5.74, 6) is 2.87. The average Bonchev–Trinajstić information content (AvgIpc) is 4.01. The second-order valence-corrected chi connectivity index (χ2v) is 21.5. The Labute approximate surface area is 468 Å². The van der Waals surface area contributed by atoms with Gasteiger partial charge in [-0.05, 0) is 52.4 Å². The molecule has 80 heavy (non-hydrogen) atoms. The summed E-state index contributed by atoms with van der Waals surface area (Å²) >= 11 is 0. The van der Waals surface area contributed by atoms with Gasteiger partial charge in [-0.2, -0.15) is 8.42 Å². The maximum Gasteiger partial charge on any atom is 0.297 e. The third-order valence-electron chi connectivity index (χ3n) is 14.1. The Morgan fingerprint density at radius 2 is 0.850 bits per heavy atom. The highest BCUT2D eigenvalue weighted by Crippen LogP contribution is 2.39. The fourth-order valence-corrected chi connectivity index (χ4v) is 10.8. The molecular weight excluding hydrogens is 1030 g/mol. The predicted molar refractivity (Wildman–Crippen MR) is 300 cm³/mol. The van der Waals surface area contributed by atoms with Gasteiger partial charge in [-0.3, -0.25) is 4.18 Å². The molecule has 0 N–H and O–H groups in total. The number of aryl methyl sites for hydroxylation is 1. The van der Waals surface area contributed by atoms with Crippen LogP contribution in [0.3, 0.4) is 0 Å². The van der Waals surface area contributed by atoms with Gasteiger partial charge in [0.15, 0.2) is 0 Å². The van der Waals surface area contributed by atoms with Crippen LogP contribution < -0.4 is 0 Å². The van der Waals surface area contributed by atoms with Gasteiger partial charge in [0, 0.05) is 0 Å². The van der Waals surface area contributed by atoms with Gasteiger partial charge < -0.3 is 37.9 Å². The smallest absolute Gasteiger partial charge is 0.297 e. The van der Waals surface area contributed by atoms with Crippen LogP contribution in [-0.4, -0.2) is 85.0 Å². The van der Waals surface area contributed by atoms with Gasteiger partial charge in [-0.1, -0.05) is 211 Å². The Bertz CT molecular complexity index is 3270. The number of aromatic nitrogens is 3. The topological polar surface area (TPSA) is 148 Å². The van der Waals surface area contributed by atoms with Gasteiger partial charge in [0.1, 0.15) is 66.7 Å². The molecule has 0 amide bonds. The summed E-state index contributed by atoms with van der Waals surface area (Å²) in [7, 11) is -4.27. The number of hydrogen-bond donors (Lipinski definition) is 0. The molecule has 2 aliphatic heterocycles. The lowest BCUT2D eigenvalue weighted by Gasteiger charge is -2.45. The third kappa shape index (κ3) is 15.0. The Kier molecular flexibility index (Phi) is 19.5. The molecule has 15 heteroatoms. The standard InChI is InChI=1S/C65H65N3O11S/c1-3-56-60(71-40-48-22-10-4-11-23-48)64(75-44-52-30-18-8-19-31-52)61(72-41-49-24-12-5-13-25-49)57(78-56)39-68-38-55(66-67-68)59-63(74-43-51-28-16-7-17-29-51)65(76-45-53-32-20-9-21-33-53)62(73-42-50-26-14-6-15-27-50)58(79-59)46-77-80(69,70)54-36-34-47(2)35-37-54/h1,4-38,56-65H,39-46H2,2H3/t56-,57-,58-,59-,60+,61-,62-,63+,64-,65+/m1/s1. The highest BCUT2D eigenvalue weighted by atomic mass is 32.2. The molecule has 1 aromatic heterocycles. The summed E-state index contributed by atoms with van der Waals surface area (Å²) in [6.45, 7) is 2.80. The van der Waals surface area contributed by atoms with E-state index in [1.807, 2.05) is 189 Å². The molecule has 0 aliphatic carbocycles. The Hall–Kier alpha value is -7.17. The molecule has 7 aromatic carbocycles. The van der Waals surface area contributed by atoms with Crippen LogP contribution in [0.15, 0.2) is 217 Å². The molecule has 0 radical (unpaired) electrons. The van der Waals surface area contributed by atoms with Crippen molar-refractivity contribution in [1.82, 2.24) is 15.0 Å². The average molecular weight is 1100 g/mol. The molecule has 2 saturated heterocycles. The molecule has 8 aromatic rings. The molecule has 2 fully saturated rings. The lowest BCUT2D eigenvalue weighted by Crippen LogP contribution is -2.60. The normalized spacial score (nSPS) is 23.1. The summed E-state index contributed by atoms with van der Waals surface area (Å²) in [5.41, 5.74) is 6.84. The Morgan fingerprint density at radius 3 is 1.27 bits per heavy atom. The van der Waals surface area contributed by atoms with Crippen molar-refractivity contribution in [2.75, 3.05) is 6.61 Å². The quantitative estimate of drug-likeness (QED) is 0.0395. The SMILES string of the molecule is C#C[C@H]1O[C@H](Cn2cc([C@H]3O[C@H](COS(=O)(=O)c4ccc(C)cc4)[C@@H](OCc4ccccc4)[C@H](OCc4ccccc4)[C@H]3OCc3ccccc3)nn2)[C@@H](OCc2ccccc2)[C@H](OCc2ccccc2)[C@H]1OCc1ccccc1. The van der Waals surface area contributed by atoms with Crippen molar-refractivity contribution in [2.24, 2.45) is 0 Å². The van der Waals surface area contributed by atoms with Gasteiger partial charge >= 0.3 is 0 Å². The Morgan fingerprint density at radius 1 is 0.475 bits per heavy atom. The van der Waals surface area contributed by atoms with Crippen LogP contribution in [-0.2, 0) is 98.4 Å². The van der Waals surface area contributed by atoms with E-state index in [-0.39, 0.29) is 51.1 Å². The first-order chi connectivity index (χ1) is 39.3. The minimum absolute atomic E-state index is 0.00551. The number of ether oxygens (including phenoxy) is 8. The van der Waals surface area contributed by atoms with Crippen LogP contribution in [0.4, 0.5) is 0 Å². The molecule has 0 unspecified atom stereocenters. The van der Waals surface area contributed by atoms with E-state index in [0.717, 1.165) is 38.9 Å². The minimum atomic E-state index is -4.27. The van der Waals surface area contributed by atoms with Crippen molar-refractivity contribution in [1.29, 1.82) is 0 Å². The summed E-state index contributed by atoms with van der Waals surface area (Å²) in [6, 6.07) is 65.4. The first-order valence-corrected chi connectivity index (χ1v) is 28.2. The lowest BCUT2D eigenvalue weighted by atomic mass is 9.92. The first-order valence-electron chi connectivity index (χ1n) is 26.8. The number of benzene rings is 7. The number of nitrogens with zero attached hydrogens (tertiary/aromatic N) is 3. The van der Waals surface area contributed by atoms with Crippen LogP contribution in [0.5, 0.6) is 0 Å². The molecule has 0 spiro atoms. The summed E-state index contributed by atoms with van der Waals surface area (Å²) < 4.78 is 90.6.